The molecule has 1 amide bonds. The van der Waals surface area contributed by atoms with Crippen LogP contribution in [0, 0.1) is 5.41 Å². The molecule has 4 N–H and O–H groups in total. The van der Waals surface area contributed by atoms with Gasteiger partial charge in [0.15, 0.2) is 0 Å². The average molecular weight is 236 g/mol. The van der Waals surface area contributed by atoms with E-state index in [1.165, 1.54) is 0 Å². The van der Waals surface area contributed by atoms with Crippen molar-refractivity contribution >= 4 is 6.09 Å². The zero-order chi connectivity index (χ0) is 12.9. The third-order valence-electron chi connectivity index (χ3n) is 2.50. The van der Waals surface area contributed by atoms with Crippen molar-refractivity contribution in [1.82, 2.24) is 0 Å². The van der Waals surface area contributed by atoms with Crippen LogP contribution in [0.3, 0.4) is 0 Å². The number of carbonyl (C=O) groups is 1. The van der Waals surface area contributed by atoms with Gasteiger partial charge in [0.05, 0.1) is 0 Å². The molecule has 94 valence electrons. The predicted molar refractivity (Wildman–Crippen MR) is 68.3 cm³/mol. The van der Waals surface area contributed by atoms with Crippen molar-refractivity contribution in [2.75, 3.05) is 6.61 Å². The Kier molecular flexibility index (Phi) is 4.52. The average Bonchev–Trinajstić information content (AvgIpc) is 2.37. The summed E-state index contributed by atoms with van der Waals surface area (Å²) in [6, 6.07) is -0.229. The second-order valence-electron chi connectivity index (χ2n) is 4.85. The largest absolute Gasteiger partial charge is 0.448 e. The number of hydrogen-bond donors (Lipinski definition) is 2. The van der Waals surface area contributed by atoms with Gasteiger partial charge in [-0.2, -0.15) is 0 Å². The minimum Gasteiger partial charge on any atom is -0.448 e. The molecule has 0 aliphatic heterocycles. The Labute approximate surface area is 102 Å². The number of primary amides is 1. The van der Waals surface area contributed by atoms with Gasteiger partial charge in [-0.15, -0.1) is 0 Å². The third-order valence-corrected chi connectivity index (χ3v) is 2.50. The van der Waals surface area contributed by atoms with E-state index in [1.54, 1.807) is 0 Å². The Morgan fingerprint density at radius 3 is 2.82 bits per heavy atom. The molecule has 1 unspecified atom stereocenters. The highest BCUT2D eigenvalue weighted by molar-refractivity contribution is 5.64. The van der Waals surface area contributed by atoms with Crippen molar-refractivity contribution in [3.05, 3.63) is 36.0 Å². The zero-order valence-corrected chi connectivity index (χ0v) is 10.3. The van der Waals surface area contributed by atoms with Crippen LogP contribution >= 0.6 is 0 Å². The molecular weight excluding hydrogens is 216 g/mol. The maximum Gasteiger partial charge on any atom is 0.404 e. The van der Waals surface area contributed by atoms with E-state index in [4.69, 9.17) is 11.5 Å². The Morgan fingerprint density at radius 1 is 1.47 bits per heavy atom. The van der Waals surface area contributed by atoms with Gasteiger partial charge in [0.2, 0.25) is 0 Å². The fraction of sp³-hybridized carbons (Fsp3) is 0.462. The number of carbonyl (C=O) groups excluding carboxylic acids is 1. The quantitative estimate of drug-likeness (QED) is 0.782. The van der Waals surface area contributed by atoms with Crippen molar-refractivity contribution < 1.29 is 9.53 Å². The lowest BCUT2D eigenvalue weighted by atomic mass is 9.93. The van der Waals surface area contributed by atoms with Gasteiger partial charge in [0.1, 0.15) is 6.61 Å². The minimum absolute atomic E-state index is 0.0616. The van der Waals surface area contributed by atoms with E-state index in [0.717, 1.165) is 5.57 Å². The number of nitrogens with two attached hydrogens (primary N) is 2. The summed E-state index contributed by atoms with van der Waals surface area (Å²) in [7, 11) is 0. The van der Waals surface area contributed by atoms with E-state index in [-0.39, 0.29) is 18.1 Å². The molecule has 0 aromatic heterocycles. The van der Waals surface area contributed by atoms with Gasteiger partial charge >= 0.3 is 6.09 Å². The number of ether oxygens (including phenoxy) is 1. The molecule has 1 aliphatic carbocycles. The smallest absolute Gasteiger partial charge is 0.404 e. The van der Waals surface area contributed by atoms with Gasteiger partial charge in [-0.25, -0.2) is 4.79 Å². The van der Waals surface area contributed by atoms with Crippen molar-refractivity contribution in [1.29, 1.82) is 0 Å². The van der Waals surface area contributed by atoms with Gasteiger partial charge in [-0.05, 0) is 12.0 Å². The molecule has 0 bridgehead atoms. The van der Waals surface area contributed by atoms with E-state index in [1.807, 2.05) is 12.2 Å². The minimum atomic E-state index is -0.785. The fourth-order valence-corrected chi connectivity index (χ4v) is 1.54. The van der Waals surface area contributed by atoms with Gasteiger partial charge in [-0.3, -0.25) is 0 Å². The summed E-state index contributed by atoms with van der Waals surface area (Å²) in [6.45, 7) is 4.41. The summed E-state index contributed by atoms with van der Waals surface area (Å²) >= 11 is 0. The summed E-state index contributed by atoms with van der Waals surface area (Å²) in [5.41, 5.74) is 11.9. The molecule has 17 heavy (non-hydrogen) atoms. The van der Waals surface area contributed by atoms with Crippen LogP contribution in [0.15, 0.2) is 36.0 Å². The summed E-state index contributed by atoms with van der Waals surface area (Å²) in [5, 5.41) is 0. The molecule has 4 heteroatoms. The fourth-order valence-electron chi connectivity index (χ4n) is 1.54. The van der Waals surface area contributed by atoms with Gasteiger partial charge in [0, 0.05) is 11.5 Å². The Morgan fingerprint density at radius 2 is 2.18 bits per heavy atom. The summed E-state index contributed by atoms with van der Waals surface area (Å²) in [5.74, 6) is 0. The Hall–Kier alpha value is -1.55. The van der Waals surface area contributed by atoms with Crippen molar-refractivity contribution in [2.45, 2.75) is 26.3 Å². The van der Waals surface area contributed by atoms with E-state index < -0.39 is 6.09 Å². The van der Waals surface area contributed by atoms with Crippen LogP contribution in [0.2, 0.25) is 0 Å². The second-order valence-corrected chi connectivity index (χ2v) is 4.85. The lowest BCUT2D eigenvalue weighted by molar-refractivity contribution is 0.149. The third kappa shape index (κ3) is 5.36. The highest BCUT2D eigenvalue weighted by Crippen LogP contribution is 2.23. The van der Waals surface area contributed by atoms with Crippen LogP contribution in [-0.4, -0.2) is 18.7 Å². The number of hydrogen-bond acceptors (Lipinski definition) is 3. The van der Waals surface area contributed by atoms with Crippen molar-refractivity contribution in [2.24, 2.45) is 16.9 Å². The normalized spacial score (nSPS) is 19.4. The molecule has 0 fully saturated rings. The van der Waals surface area contributed by atoms with E-state index >= 15 is 0 Å². The van der Waals surface area contributed by atoms with Crippen LogP contribution in [0.25, 0.3) is 0 Å². The second kappa shape index (κ2) is 5.68. The van der Waals surface area contributed by atoms with Crippen molar-refractivity contribution in [3.8, 4) is 0 Å². The van der Waals surface area contributed by atoms with Crippen LogP contribution < -0.4 is 11.5 Å². The molecular formula is C13H20N2O2. The maximum atomic E-state index is 10.4. The van der Waals surface area contributed by atoms with Gasteiger partial charge in [0.25, 0.3) is 0 Å². The predicted octanol–water partition coefficient (Wildman–Crippen LogP) is 1.88. The molecule has 1 rings (SSSR count). The first kappa shape index (κ1) is 13.5. The summed E-state index contributed by atoms with van der Waals surface area (Å²) in [6.07, 6.45) is 10.2. The first-order valence-electron chi connectivity index (χ1n) is 5.64. The number of allylic oxidation sites excluding steroid dienone is 5. The number of rotatable bonds is 4. The van der Waals surface area contributed by atoms with Crippen LogP contribution in [0.5, 0.6) is 0 Å². The molecule has 0 heterocycles. The lowest BCUT2D eigenvalue weighted by Crippen LogP contribution is -2.29. The maximum absolute atomic E-state index is 10.4. The first-order chi connectivity index (χ1) is 7.89. The highest BCUT2D eigenvalue weighted by Gasteiger charge is 2.12. The molecule has 1 atom stereocenters. The Bertz CT molecular complexity index is 368. The highest BCUT2D eigenvalue weighted by atomic mass is 16.5. The molecule has 0 aromatic carbocycles. The summed E-state index contributed by atoms with van der Waals surface area (Å²) < 4.78 is 4.66. The van der Waals surface area contributed by atoms with Crippen LogP contribution in [0.1, 0.15) is 20.3 Å². The van der Waals surface area contributed by atoms with E-state index in [9.17, 15) is 4.79 Å². The Balaban J connectivity index is 2.50. The van der Waals surface area contributed by atoms with E-state index in [2.05, 4.69) is 36.8 Å². The molecule has 4 nitrogen and oxygen atoms in total. The molecule has 0 saturated carbocycles. The zero-order valence-electron chi connectivity index (χ0n) is 10.3. The van der Waals surface area contributed by atoms with E-state index in [0.29, 0.717) is 6.42 Å². The molecule has 0 saturated heterocycles. The SMILES string of the molecule is CC1(C)C=CC=C(CC(N)COC(N)=O)C=C1. The van der Waals surface area contributed by atoms with Gasteiger partial charge < -0.3 is 16.2 Å². The topological polar surface area (TPSA) is 78.3 Å². The molecule has 1 aliphatic rings. The van der Waals surface area contributed by atoms with Crippen LogP contribution in [0.4, 0.5) is 4.79 Å². The standard InChI is InChI=1S/C13H20N2O2/c1-13(2)6-3-4-10(5-7-13)8-11(14)9-17-12(15)16/h3-7,11H,8-9,14H2,1-2H3,(H2,15,16). The van der Waals surface area contributed by atoms with Gasteiger partial charge in [-0.1, -0.05) is 44.2 Å². The number of amides is 1. The lowest BCUT2D eigenvalue weighted by Gasteiger charge is -2.13. The first-order valence-corrected chi connectivity index (χ1v) is 5.64. The summed E-state index contributed by atoms with van der Waals surface area (Å²) in [4.78, 5) is 10.4. The van der Waals surface area contributed by atoms with Crippen molar-refractivity contribution in [3.63, 3.8) is 0 Å². The van der Waals surface area contributed by atoms with Crippen LogP contribution in [-0.2, 0) is 4.74 Å². The molecule has 0 aromatic rings. The molecule has 0 radical (unpaired) electrons. The monoisotopic (exact) mass is 236 g/mol. The molecule has 0 spiro atoms.